The van der Waals surface area contributed by atoms with E-state index in [2.05, 4.69) is 34.2 Å². The molecular weight excluding hydrogens is 324 g/mol. The first-order chi connectivity index (χ1) is 12.7. The molecule has 0 unspecified atom stereocenters. The molecule has 4 rings (SSSR count). The van der Waals surface area contributed by atoms with Crippen LogP contribution in [0.5, 0.6) is 0 Å². The highest BCUT2D eigenvalue weighted by Gasteiger charge is 2.14. The maximum atomic E-state index is 12.7. The van der Waals surface area contributed by atoms with Gasteiger partial charge in [0, 0.05) is 32.2 Å². The second-order valence-electron chi connectivity index (χ2n) is 6.17. The molecule has 5 nitrogen and oxygen atoms in total. The summed E-state index contributed by atoms with van der Waals surface area (Å²) in [5.41, 5.74) is 1.69. The number of benzene rings is 2. The Morgan fingerprint density at radius 1 is 1.08 bits per heavy atom. The van der Waals surface area contributed by atoms with Gasteiger partial charge in [-0.1, -0.05) is 42.5 Å². The molecule has 0 radical (unpaired) electrons. The van der Waals surface area contributed by atoms with Crippen LogP contribution in [-0.2, 0) is 6.54 Å². The van der Waals surface area contributed by atoms with Crippen molar-refractivity contribution < 1.29 is 4.79 Å². The number of aromatic nitrogens is 3. The molecule has 1 amide bonds. The quantitative estimate of drug-likeness (QED) is 0.568. The van der Waals surface area contributed by atoms with Gasteiger partial charge in [0.15, 0.2) is 0 Å². The van der Waals surface area contributed by atoms with E-state index in [4.69, 9.17) is 0 Å². The van der Waals surface area contributed by atoms with Crippen molar-refractivity contribution in [3.63, 3.8) is 0 Å². The number of fused-ring (bicyclic) bond motifs is 1. The largest absolute Gasteiger partial charge is 0.337 e. The maximum Gasteiger partial charge on any atom is 0.255 e. The topological polar surface area (TPSA) is 51.0 Å². The van der Waals surface area contributed by atoms with Gasteiger partial charge >= 0.3 is 0 Å². The smallest absolute Gasteiger partial charge is 0.255 e. The number of carbonyl (C=O) groups excluding carboxylic acids is 1. The van der Waals surface area contributed by atoms with Crippen molar-refractivity contribution in [2.45, 2.75) is 6.54 Å². The number of nitrogens with zero attached hydrogens (tertiary/aromatic N) is 4. The maximum absolute atomic E-state index is 12.7. The van der Waals surface area contributed by atoms with Crippen molar-refractivity contribution in [1.29, 1.82) is 0 Å². The molecule has 0 saturated heterocycles. The SMILES string of the molecule is CN(Cc1cccc2ccccc12)C(=O)c1ccc(-n2ccnc2)nc1. The Kier molecular flexibility index (Phi) is 4.19. The summed E-state index contributed by atoms with van der Waals surface area (Å²) >= 11 is 0. The molecular formula is C21H18N4O. The van der Waals surface area contributed by atoms with Gasteiger partial charge < -0.3 is 4.90 Å². The third-order valence-corrected chi connectivity index (χ3v) is 4.40. The Hall–Kier alpha value is -3.47. The average molecular weight is 342 g/mol. The van der Waals surface area contributed by atoms with Crippen LogP contribution in [0.25, 0.3) is 16.6 Å². The zero-order chi connectivity index (χ0) is 17.9. The lowest BCUT2D eigenvalue weighted by molar-refractivity contribution is 0.0785. The lowest BCUT2D eigenvalue weighted by atomic mass is 10.0. The van der Waals surface area contributed by atoms with E-state index >= 15 is 0 Å². The monoisotopic (exact) mass is 342 g/mol. The molecule has 0 fully saturated rings. The zero-order valence-corrected chi connectivity index (χ0v) is 14.4. The van der Waals surface area contributed by atoms with Crippen molar-refractivity contribution in [1.82, 2.24) is 19.4 Å². The number of rotatable bonds is 4. The second kappa shape index (κ2) is 6.80. The van der Waals surface area contributed by atoms with E-state index in [1.54, 1.807) is 34.3 Å². The van der Waals surface area contributed by atoms with Crippen LogP contribution in [0.2, 0.25) is 0 Å². The molecule has 2 aromatic heterocycles. The first kappa shape index (κ1) is 16.0. The summed E-state index contributed by atoms with van der Waals surface area (Å²) in [4.78, 5) is 22.8. The van der Waals surface area contributed by atoms with Crippen molar-refractivity contribution in [2.24, 2.45) is 0 Å². The molecule has 4 aromatic rings. The van der Waals surface area contributed by atoms with Gasteiger partial charge in [0.25, 0.3) is 5.91 Å². The minimum Gasteiger partial charge on any atom is -0.337 e. The highest BCUT2D eigenvalue weighted by Crippen LogP contribution is 2.20. The number of amides is 1. The van der Waals surface area contributed by atoms with Crippen molar-refractivity contribution in [2.75, 3.05) is 7.05 Å². The van der Waals surface area contributed by atoms with Crippen LogP contribution in [0.1, 0.15) is 15.9 Å². The normalized spacial score (nSPS) is 10.8. The Balaban J connectivity index is 1.54. The van der Waals surface area contributed by atoms with Crippen LogP contribution in [0.15, 0.2) is 79.5 Å². The second-order valence-corrected chi connectivity index (χ2v) is 6.17. The molecule has 0 atom stereocenters. The predicted octanol–water partition coefficient (Wildman–Crippen LogP) is 3.69. The van der Waals surface area contributed by atoms with Crippen LogP contribution in [0.4, 0.5) is 0 Å². The van der Waals surface area contributed by atoms with Crippen molar-refractivity contribution in [3.8, 4) is 5.82 Å². The third-order valence-electron chi connectivity index (χ3n) is 4.40. The summed E-state index contributed by atoms with van der Waals surface area (Å²) in [5, 5.41) is 2.35. The molecule has 0 aliphatic carbocycles. The first-order valence-electron chi connectivity index (χ1n) is 8.39. The van der Waals surface area contributed by atoms with E-state index in [-0.39, 0.29) is 5.91 Å². The molecule has 0 N–H and O–H groups in total. The Morgan fingerprint density at radius 3 is 2.69 bits per heavy atom. The van der Waals surface area contributed by atoms with E-state index in [9.17, 15) is 4.79 Å². The summed E-state index contributed by atoms with van der Waals surface area (Å²) in [6.45, 7) is 0.545. The summed E-state index contributed by atoms with van der Waals surface area (Å²) in [6.07, 6.45) is 6.79. The molecule has 128 valence electrons. The van der Waals surface area contributed by atoms with E-state index in [1.165, 1.54) is 10.8 Å². The Labute approximate surface area is 151 Å². The minimum absolute atomic E-state index is 0.0531. The Bertz CT molecular complexity index is 1030. The lowest BCUT2D eigenvalue weighted by Crippen LogP contribution is -2.26. The number of carbonyl (C=O) groups is 1. The van der Waals surface area contributed by atoms with Crippen molar-refractivity contribution >= 4 is 16.7 Å². The highest BCUT2D eigenvalue weighted by atomic mass is 16.2. The molecule has 0 aliphatic heterocycles. The van der Waals surface area contributed by atoms with Crippen LogP contribution < -0.4 is 0 Å². The molecule has 0 spiro atoms. The van der Waals surface area contributed by atoms with Crippen LogP contribution in [0, 0.1) is 0 Å². The van der Waals surface area contributed by atoms with E-state index in [0.29, 0.717) is 12.1 Å². The van der Waals surface area contributed by atoms with Crippen LogP contribution in [0.3, 0.4) is 0 Å². The predicted molar refractivity (Wildman–Crippen MR) is 101 cm³/mol. The van der Waals surface area contributed by atoms with Gasteiger partial charge in [0.2, 0.25) is 0 Å². The summed E-state index contributed by atoms with van der Waals surface area (Å²) in [5.74, 6) is 0.679. The fourth-order valence-corrected chi connectivity index (χ4v) is 3.04. The molecule has 2 aromatic carbocycles. The third kappa shape index (κ3) is 3.07. The first-order valence-corrected chi connectivity index (χ1v) is 8.39. The summed E-state index contributed by atoms with van der Waals surface area (Å²) in [7, 11) is 1.81. The number of imidazole rings is 1. The number of pyridine rings is 1. The zero-order valence-electron chi connectivity index (χ0n) is 14.4. The lowest BCUT2D eigenvalue weighted by Gasteiger charge is -2.18. The van der Waals surface area contributed by atoms with Crippen LogP contribution >= 0.6 is 0 Å². The molecule has 0 aliphatic rings. The van der Waals surface area contributed by atoms with E-state index in [1.807, 2.05) is 37.5 Å². The van der Waals surface area contributed by atoms with Gasteiger partial charge in [-0.3, -0.25) is 9.36 Å². The Morgan fingerprint density at radius 2 is 1.92 bits per heavy atom. The molecule has 5 heteroatoms. The van der Waals surface area contributed by atoms with E-state index in [0.717, 1.165) is 11.4 Å². The van der Waals surface area contributed by atoms with Gasteiger partial charge in [-0.25, -0.2) is 9.97 Å². The molecule has 0 saturated carbocycles. The average Bonchev–Trinajstić information content (AvgIpc) is 3.23. The molecule has 26 heavy (non-hydrogen) atoms. The number of hydrogen-bond donors (Lipinski definition) is 0. The van der Waals surface area contributed by atoms with Gasteiger partial charge in [-0.15, -0.1) is 0 Å². The molecule has 2 heterocycles. The highest BCUT2D eigenvalue weighted by molar-refractivity contribution is 5.94. The summed E-state index contributed by atoms with van der Waals surface area (Å²) in [6, 6.07) is 18.0. The van der Waals surface area contributed by atoms with Crippen LogP contribution in [-0.4, -0.2) is 32.4 Å². The fraction of sp³-hybridized carbons (Fsp3) is 0.0952. The van der Waals surface area contributed by atoms with Gasteiger partial charge in [0.1, 0.15) is 12.1 Å². The van der Waals surface area contributed by atoms with Gasteiger partial charge in [-0.2, -0.15) is 0 Å². The van der Waals surface area contributed by atoms with Crippen molar-refractivity contribution in [3.05, 3.63) is 90.6 Å². The summed E-state index contributed by atoms with van der Waals surface area (Å²) < 4.78 is 1.80. The standard InChI is InChI=1S/C21H18N4O/c1-24(14-18-7-4-6-16-5-2-3-8-19(16)18)21(26)17-9-10-20(23-13-17)25-12-11-22-15-25/h2-13,15H,14H2,1H3. The van der Waals surface area contributed by atoms with Gasteiger partial charge in [-0.05, 0) is 28.5 Å². The van der Waals surface area contributed by atoms with Gasteiger partial charge in [0.05, 0.1) is 5.56 Å². The molecule has 0 bridgehead atoms. The van der Waals surface area contributed by atoms with E-state index < -0.39 is 0 Å². The number of hydrogen-bond acceptors (Lipinski definition) is 3. The fourth-order valence-electron chi connectivity index (χ4n) is 3.04. The minimum atomic E-state index is -0.0531.